The first-order valence-corrected chi connectivity index (χ1v) is 21.6. The monoisotopic (exact) mass is 757 g/mol. The van der Waals surface area contributed by atoms with Gasteiger partial charge in [-0.1, -0.05) is 178 Å². The second-order valence-corrected chi connectivity index (χ2v) is 18.0. The highest BCUT2D eigenvalue weighted by atomic mass is 15.1. The molecule has 2 saturated carbocycles. The molecule has 0 aliphatic heterocycles. The summed E-state index contributed by atoms with van der Waals surface area (Å²) >= 11 is 0. The Kier molecular flexibility index (Phi) is 7.64. The lowest BCUT2D eigenvalue weighted by Gasteiger charge is -2.36. The van der Waals surface area contributed by atoms with Crippen molar-refractivity contribution in [2.24, 2.45) is 11.8 Å². The molecule has 12 rings (SSSR count). The van der Waals surface area contributed by atoms with E-state index in [4.69, 9.17) is 0 Å². The SMILES string of the molecule is CC1(C)c2ccccc2-c2ccc(-c3cccc(N(c4ccccc4-c4ccccc4)c4ccccc4-c4cccc5c4-c4ccccc4C54CC5CCC4C5)c3)cc21. The molecule has 3 unspecified atom stereocenters. The predicted octanol–water partition coefficient (Wildman–Crippen LogP) is 15.6. The van der Waals surface area contributed by atoms with Gasteiger partial charge >= 0.3 is 0 Å². The molecule has 1 spiro atoms. The van der Waals surface area contributed by atoms with Crippen LogP contribution in [0.5, 0.6) is 0 Å². The summed E-state index contributed by atoms with van der Waals surface area (Å²) in [6.45, 7) is 4.74. The van der Waals surface area contributed by atoms with Crippen LogP contribution in [0.4, 0.5) is 17.1 Å². The minimum Gasteiger partial charge on any atom is -0.309 e. The first kappa shape index (κ1) is 34.6. The highest BCUT2D eigenvalue weighted by molar-refractivity contribution is 6.00. The standard InChI is InChI=1S/C58H47N/c1-57(2)50-25-10-6-21-45(50)46-33-31-41(36-53(46)57)40-18-14-19-43(35-40)59(54-28-12-8-20-44(54)39-16-4-3-5-17-39)55-29-13-9-22-47(55)48-24-15-27-52-56(48)49-23-7-11-26-51(49)58(52)37-38-30-32-42(58)34-38/h3-29,31,33,35-36,38,42H,30,32,34,37H2,1-2H3. The zero-order valence-corrected chi connectivity index (χ0v) is 33.8. The number of rotatable bonds is 6. The molecule has 4 aliphatic carbocycles. The van der Waals surface area contributed by atoms with E-state index in [0.717, 1.165) is 23.2 Å². The molecular formula is C58H47N. The summed E-state index contributed by atoms with van der Waals surface area (Å²) in [5.41, 5.74) is 22.5. The smallest absolute Gasteiger partial charge is 0.0540 e. The lowest BCUT2D eigenvalue weighted by atomic mass is 9.66. The quantitative estimate of drug-likeness (QED) is 0.163. The summed E-state index contributed by atoms with van der Waals surface area (Å²) in [6, 6.07) is 70.8. The molecule has 2 fully saturated rings. The van der Waals surface area contributed by atoms with Gasteiger partial charge < -0.3 is 4.90 Å². The Labute approximate surface area is 348 Å². The summed E-state index contributed by atoms with van der Waals surface area (Å²) in [4.78, 5) is 2.53. The zero-order chi connectivity index (χ0) is 39.3. The Morgan fingerprint density at radius 1 is 0.424 bits per heavy atom. The number of hydrogen-bond acceptors (Lipinski definition) is 1. The first-order chi connectivity index (χ1) is 29.0. The van der Waals surface area contributed by atoms with Crippen molar-refractivity contribution < 1.29 is 0 Å². The molecule has 284 valence electrons. The number of anilines is 3. The molecule has 1 heteroatoms. The Bertz CT molecular complexity index is 2950. The van der Waals surface area contributed by atoms with E-state index in [2.05, 4.69) is 207 Å². The Hall–Kier alpha value is -6.44. The van der Waals surface area contributed by atoms with Gasteiger partial charge in [0.05, 0.1) is 11.4 Å². The van der Waals surface area contributed by atoms with Gasteiger partial charge in [0.15, 0.2) is 0 Å². The highest BCUT2D eigenvalue weighted by Gasteiger charge is 2.57. The van der Waals surface area contributed by atoms with Crippen LogP contribution in [0.25, 0.3) is 55.6 Å². The average molecular weight is 758 g/mol. The maximum absolute atomic E-state index is 2.53. The number of nitrogens with zero attached hydrogens (tertiary/aromatic N) is 1. The van der Waals surface area contributed by atoms with Gasteiger partial charge in [0, 0.05) is 27.6 Å². The van der Waals surface area contributed by atoms with Crippen molar-refractivity contribution in [2.75, 3.05) is 4.90 Å². The molecule has 0 aromatic heterocycles. The average Bonchev–Trinajstić information content (AvgIpc) is 4.04. The van der Waals surface area contributed by atoms with Crippen LogP contribution in [-0.2, 0) is 10.8 Å². The lowest BCUT2D eigenvalue weighted by Crippen LogP contribution is -2.31. The molecule has 0 N–H and O–H groups in total. The molecule has 0 radical (unpaired) electrons. The van der Waals surface area contributed by atoms with E-state index in [0.29, 0.717) is 0 Å². The number of para-hydroxylation sites is 2. The van der Waals surface area contributed by atoms with Gasteiger partial charge in [-0.25, -0.2) is 0 Å². The summed E-state index contributed by atoms with van der Waals surface area (Å²) in [5, 5.41) is 0. The second kappa shape index (κ2) is 13.0. The first-order valence-electron chi connectivity index (χ1n) is 21.6. The molecule has 4 aliphatic rings. The van der Waals surface area contributed by atoms with Crippen LogP contribution in [0.1, 0.15) is 61.8 Å². The summed E-state index contributed by atoms with van der Waals surface area (Å²) in [5.74, 6) is 1.55. The van der Waals surface area contributed by atoms with Crippen LogP contribution in [0.2, 0.25) is 0 Å². The molecule has 0 saturated heterocycles. The summed E-state index contributed by atoms with van der Waals surface area (Å²) in [6.07, 6.45) is 5.37. The van der Waals surface area contributed by atoms with Gasteiger partial charge in [-0.2, -0.15) is 0 Å². The summed E-state index contributed by atoms with van der Waals surface area (Å²) < 4.78 is 0. The number of hydrogen-bond donors (Lipinski definition) is 0. The fourth-order valence-electron chi connectivity index (χ4n) is 12.2. The van der Waals surface area contributed by atoms with Gasteiger partial charge in [0.25, 0.3) is 0 Å². The minimum absolute atomic E-state index is 0.0651. The van der Waals surface area contributed by atoms with Crippen LogP contribution in [-0.4, -0.2) is 0 Å². The molecule has 8 aromatic rings. The third-order valence-electron chi connectivity index (χ3n) is 14.8. The maximum atomic E-state index is 2.53. The molecule has 3 atom stereocenters. The van der Waals surface area contributed by atoms with E-state index in [-0.39, 0.29) is 10.8 Å². The van der Waals surface area contributed by atoms with Crippen LogP contribution in [0.3, 0.4) is 0 Å². The van der Waals surface area contributed by atoms with Crippen molar-refractivity contribution in [3.63, 3.8) is 0 Å². The fraction of sp³-hybridized carbons (Fsp3) is 0.172. The van der Waals surface area contributed by atoms with Gasteiger partial charge in [0.1, 0.15) is 0 Å². The van der Waals surface area contributed by atoms with Gasteiger partial charge in [-0.05, 0) is 128 Å². The van der Waals surface area contributed by atoms with E-state index in [1.165, 1.54) is 98.1 Å². The van der Waals surface area contributed by atoms with Crippen molar-refractivity contribution in [1.82, 2.24) is 0 Å². The van der Waals surface area contributed by atoms with E-state index >= 15 is 0 Å². The molecule has 8 aromatic carbocycles. The van der Waals surface area contributed by atoms with Gasteiger partial charge in [0.2, 0.25) is 0 Å². The zero-order valence-electron chi connectivity index (χ0n) is 33.8. The Morgan fingerprint density at radius 3 is 1.80 bits per heavy atom. The van der Waals surface area contributed by atoms with E-state index in [9.17, 15) is 0 Å². The number of fused-ring (bicyclic) bond motifs is 11. The van der Waals surface area contributed by atoms with Crippen molar-refractivity contribution in [3.8, 4) is 55.6 Å². The topological polar surface area (TPSA) is 3.24 Å². The van der Waals surface area contributed by atoms with Crippen LogP contribution in [0, 0.1) is 11.8 Å². The van der Waals surface area contributed by atoms with Crippen LogP contribution in [0.15, 0.2) is 188 Å². The highest BCUT2D eigenvalue weighted by Crippen LogP contribution is 2.67. The molecule has 59 heavy (non-hydrogen) atoms. The normalized spacial score (nSPS) is 20.0. The van der Waals surface area contributed by atoms with Gasteiger partial charge in [-0.15, -0.1) is 0 Å². The van der Waals surface area contributed by atoms with Crippen molar-refractivity contribution in [1.29, 1.82) is 0 Å². The fourth-order valence-corrected chi connectivity index (χ4v) is 12.2. The third-order valence-corrected chi connectivity index (χ3v) is 14.8. The Balaban J connectivity index is 1.06. The largest absolute Gasteiger partial charge is 0.309 e. The van der Waals surface area contributed by atoms with Crippen molar-refractivity contribution >= 4 is 17.1 Å². The second-order valence-electron chi connectivity index (χ2n) is 18.0. The van der Waals surface area contributed by atoms with Gasteiger partial charge in [-0.3, -0.25) is 0 Å². The van der Waals surface area contributed by atoms with E-state index in [1.54, 1.807) is 11.1 Å². The van der Waals surface area contributed by atoms with Crippen molar-refractivity contribution in [3.05, 3.63) is 210 Å². The number of benzene rings is 8. The predicted molar refractivity (Wildman–Crippen MR) is 247 cm³/mol. The van der Waals surface area contributed by atoms with Crippen LogP contribution < -0.4 is 4.90 Å². The lowest BCUT2D eigenvalue weighted by molar-refractivity contribution is 0.327. The molecule has 0 heterocycles. The maximum Gasteiger partial charge on any atom is 0.0540 e. The summed E-state index contributed by atoms with van der Waals surface area (Å²) in [7, 11) is 0. The molecule has 0 amide bonds. The van der Waals surface area contributed by atoms with Crippen molar-refractivity contribution in [2.45, 2.75) is 50.4 Å². The van der Waals surface area contributed by atoms with Crippen LogP contribution >= 0.6 is 0 Å². The Morgan fingerprint density at radius 2 is 1.02 bits per heavy atom. The minimum atomic E-state index is -0.0651. The van der Waals surface area contributed by atoms with E-state index in [1.807, 2.05) is 0 Å². The molecular weight excluding hydrogens is 711 g/mol. The van der Waals surface area contributed by atoms with E-state index < -0.39 is 0 Å². The molecule has 2 bridgehead atoms. The molecule has 1 nitrogen and oxygen atoms in total. The third kappa shape index (κ3) is 5.04.